The standard InChI is InChI=1S/C8H14N2O3S/c1-8(2,6-11)10-14(12,13)7-3-4-9-5-7/h3-5,9-11H,6H2,1-2H3. The summed E-state index contributed by atoms with van der Waals surface area (Å²) in [6, 6.07) is 1.45. The van der Waals surface area contributed by atoms with E-state index < -0.39 is 15.6 Å². The molecule has 0 unspecified atom stereocenters. The van der Waals surface area contributed by atoms with Crippen molar-refractivity contribution in [3.05, 3.63) is 18.5 Å². The van der Waals surface area contributed by atoms with E-state index in [0.29, 0.717) is 0 Å². The van der Waals surface area contributed by atoms with Crippen LogP contribution in [0.2, 0.25) is 0 Å². The smallest absolute Gasteiger partial charge is 0.242 e. The van der Waals surface area contributed by atoms with Crippen molar-refractivity contribution in [3.8, 4) is 0 Å². The Labute approximate surface area is 83.2 Å². The molecule has 6 heteroatoms. The van der Waals surface area contributed by atoms with Crippen LogP contribution in [-0.4, -0.2) is 30.7 Å². The molecule has 0 aliphatic rings. The van der Waals surface area contributed by atoms with Gasteiger partial charge < -0.3 is 10.1 Å². The Kier molecular flexibility index (Phi) is 2.98. The minimum absolute atomic E-state index is 0.166. The zero-order chi connectivity index (χ0) is 10.8. The second-order valence-electron chi connectivity index (χ2n) is 3.69. The topological polar surface area (TPSA) is 82.2 Å². The highest BCUT2D eigenvalue weighted by atomic mass is 32.2. The molecular weight excluding hydrogens is 204 g/mol. The van der Waals surface area contributed by atoms with Gasteiger partial charge in [-0.2, -0.15) is 0 Å². The van der Waals surface area contributed by atoms with Crippen LogP contribution in [0.4, 0.5) is 0 Å². The van der Waals surface area contributed by atoms with Crippen LogP contribution >= 0.6 is 0 Å². The van der Waals surface area contributed by atoms with Crippen LogP contribution < -0.4 is 4.72 Å². The van der Waals surface area contributed by atoms with Crippen LogP contribution in [0.15, 0.2) is 23.4 Å². The number of hydrogen-bond donors (Lipinski definition) is 3. The lowest BCUT2D eigenvalue weighted by Gasteiger charge is -2.22. The molecule has 1 rings (SSSR count). The highest BCUT2D eigenvalue weighted by molar-refractivity contribution is 7.89. The maximum absolute atomic E-state index is 11.6. The second-order valence-corrected chi connectivity index (χ2v) is 5.38. The summed E-state index contributed by atoms with van der Waals surface area (Å²) in [5, 5.41) is 8.92. The number of sulfonamides is 1. The fourth-order valence-electron chi connectivity index (χ4n) is 0.931. The van der Waals surface area contributed by atoms with E-state index >= 15 is 0 Å². The lowest BCUT2D eigenvalue weighted by molar-refractivity contribution is 0.208. The third-order valence-electron chi connectivity index (χ3n) is 1.69. The van der Waals surface area contributed by atoms with E-state index in [-0.39, 0.29) is 11.5 Å². The van der Waals surface area contributed by atoms with E-state index in [1.54, 1.807) is 13.8 Å². The van der Waals surface area contributed by atoms with Gasteiger partial charge >= 0.3 is 0 Å². The first-order valence-corrected chi connectivity index (χ1v) is 5.63. The van der Waals surface area contributed by atoms with E-state index in [0.717, 1.165) is 0 Å². The molecule has 0 saturated carbocycles. The van der Waals surface area contributed by atoms with Gasteiger partial charge in [-0.05, 0) is 19.9 Å². The molecule has 0 aliphatic heterocycles. The third-order valence-corrected chi connectivity index (χ3v) is 3.38. The Hall–Kier alpha value is -0.850. The molecule has 0 bridgehead atoms. The average molecular weight is 218 g/mol. The predicted molar refractivity (Wildman–Crippen MR) is 52.3 cm³/mol. The van der Waals surface area contributed by atoms with Crippen molar-refractivity contribution >= 4 is 10.0 Å². The first-order chi connectivity index (χ1) is 6.37. The molecule has 0 atom stereocenters. The Morgan fingerprint density at radius 3 is 2.64 bits per heavy atom. The van der Waals surface area contributed by atoms with Crippen molar-refractivity contribution in [1.82, 2.24) is 9.71 Å². The number of aliphatic hydroxyl groups is 1. The van der Waals surface area contributed by atoms with Crippen LogP contribution in [0.5, 0.6) is 0 Å². The highest BCUT2D eigenvalue weighted by Gasteiger charge is 2.25. The molecule has 5 nitrogen and oxygen atoms in total. The Bertz CT molecular complexity index is 381. The minimum Gasteiger partial charge on any atom is -0.394 e. The quantitative estimate of drug-likeness (QED) is 0.668. The Morgan fingerprint density at radius 1 is 1.57 bits per heavy atom. The summed E-state index contributed by atoms with van der Waals surface area (Å²) in [7, 11) is -3.53. The number of rotatable bonds is 4. The first-order valence-electron chi connectivity index (χ1n) is 4.15. The van der Waals surface area contributed by atoms with E-state index in [1.807, 2.05) is 0 Å². The molecule has 0 aliphatic carbocycles. The van der Waals surface area contributed by atoms with E-state index in [9.17, 15) is 8.42 Å². The van der Waals surface area contributed by atoms with Gasteiger partial charge in [-0.25, -0.2) is 13.1 Å². The molecule has 0 saturated heterocycles. The number of aromatic nitrogens is 1. The maximum atomic E-state index is 11.6. The molecular formula is C8H14N2O3S. The molecule has 0 aromatic carbocycles. The van der Waals surface area contributed by atoms with Crippen molar-refractivity contribution in [1.29, 1.82) is 0 Å². The van der Waals surface area contributed by atoms with E-state index in [4.69, 9.17) is 5.11 Å². The van der Waals surface area contributed by atoms with Crippen molar-refractivity contribution in [2.75, 3.05) is 6.61 Å². The predicted octanol–water partition coefficient (Wildman–Crippen LogP) is 0.0639. The minimum atomic E-state index is -3.53. The van der Waals surface area contributed by atoms with Gasteiger partial charge in [-0.15, -0.1) is 0 Å². The molecule has 0 fully saturated rings. The maximum Gasteiger partial charge on any atom is 0.242 e. The molecule has 0 radical (unpaired) electrons. The van der Waals surface area contributed by atoms with E-state index in [2.05, 4.69) is 9.71 Å². The van der Waals surface area contributed by atoms with Gasteiger partial charge in [-0.1, -0.05) is 0 Å². The van der Waals surface area contributed by atoms with Crippen LogP contribution in [-0.2, 0) is 10.0 Å². The number of nitrogens with one attached hydrogen (secondary N) is 2. The van der Waals surface area contributed by atoms with Crippen molar-refractivity contribution < 1.29 is 13.5 Å². The van der Waals surface area contributed by atoms with Crippen LogP contribution in [0.3, 0.4) is 0 Å². The van der Waals surface area contributed by atoms with Gasteiger partial charge in [0.2, 0.25) is 10.0 Å². The summed E-state index contributed by atoms with van der Waals surface area (Å²) >= 11 is 0. The number of H-pyrrole nitrogens is 1. The largest absolute Gasteiger partial charge is 0.394 e. The first kappa shape index (κ1) is 11.2. The monoisotopic (exact) mass is 218 g/mol. The zero-order valence-electron chi connectivity index (χ0n) is 8.11. The Balaban J connectivity index is 2.89. The lowest BCUT2D eigenvalue weighted by atomic mass is 10.1. The van der Waals surface area contributed by atoms with E-state index in [1.165, 1.54) is 18.5 Å². The van der Waals surface area contributed by atoms with Crippen LogP contribution in [0.1, 0.15) is 13.8 Å². The zero-order valence-corrected chi connectivity index (χ0v) is 8.93. The molecule has 1 heterocycles. The number of aliphatic hydroxyl groups excluding tert-OH is 1. The van der Waals surface area contributed by atoms with Crippen molar-refractivity contribution in [3.63, 3.8) is 0 Å². The van der Waals surface area contributed by atoms with Gasteiger partial charge in [0.15, 0.2) is 0 Å². The van der Waals surface area contributed by atoms with Crippen LogP contribution in [0, 0.1) is 0 Å². The number of hydrogen-bond acceptors (Lipinski definition) is 3. The molecule has 80 valence electrons. The van der Waals surface area contributed by atoms with Gasteiger partial charge in [-0.3, -0.25) is 0 Å². The molecule has 1 aromatic heterocycles. The summed E-state index contributed by atoms with van der Waals surface area (Å²) in [4.78, 5) is 2.82. The molecule has 3 N–H and O–H groups in total. The molecule has 0 amide bonds. The number of aromatic amines is 1. The fourth-order valence-corrected chi connectivity index (χ4v) is 2.31. The SMILES string of the molecule is CC(C)(CO)NS(=O)(=O)c1cc[nH]c1. The summed E-state index contributed by atoms with van der Waals surface area (Å²) < 4.78 is 25.6. The summed E-state index contributed by atoms with van der Waals surface area (Å²) in [5.41, 5.74) is -0.851. The van der Waals surface area contributed by atoms with Crippen molar-refractivity contribution in [2.45, 2.75) is 24.3 Å². The van der Waals surface area contributed by atoms with Gasteiger partial charge in [0.25, 0.3) is 0 Å². The van der Waals surface area contributed by atoms with Gasteiger partial charge in [0, 0.05) is 12.4 Å². The molecule has 0 spiro atoms. The molecule has 1 aromatic rings. The van der Waals surface area contributed by atoms with Gasteiger partial charge in [0.1, 0.15) is 0 Å². The van der Waals surface area contributed by atoms with Gasteiger partial charge in [0.05, 0.1) is 17.0 Å². The summed E-state index contributed by atoms with van der Waals surface area (Å²) in [6.45, 7) is 2.96. The second kappa shape index (κ2) is 3.72. The summed E-state index contributed by atoms with van der Waals surface area (Å²) in [5.74, 6) is 0. The lowest BCUT2D eigenvalue weighted by Crippen LogP contribution is -2.45. The van der Waals surface area contributed by atoms with Crippen LogP contribution in [0.25, 0.3) is 0 Å². The van der Waals surface area contributed by atoms with Crippen molar-refractivity contribution in [2.24, 2.45) is 0 Å². The molecule has 14 heavy (non-hydrogen) atoms. The average Bonchev–Trinajstić information content (AvgIpc) is 2.54. The summed E-state index contributed by atoms with van der Waals surface area (Å²) in [6.07, 6.45) is 2.91. The fraction of sp³-hybridized carbons (Fsp3) is 0.500. The highest BCUT2D eigenvalue weighted by Crippen LogP contribution is 2.11. The third kappa shape index (κ3) is 2.57. The Morgan fingerprint density at radius 2 is 2.21 bits per heavy atom. The normalized spacial score (nSPS) is 13.1.